The molecule has 0 bridgehead atoms. The van der Waals surface area contributed by atoms with Crippen molar-refractivity contribution >= 4 is 23.0 Å². The molecule has 136 valence electrons. The first-order valence-electron chi connectivity index (χ1n) is 9.75. The molecule has 0 heterocycles. The van der Waals surface area contributed by atoms with E-state index in [2.05, 4.69) is 49.6 Å². The fourth-order valence-electron chi connectivity index (χ4n) is 2.81. The number of anilines is 1. The van der Waals surface area contributed by atoms with Gasteiger partial charge in [0.2, 0.25) is 0 Å². The molecule has 24 heavy (non-hydrogen) atoms. The van der Waals surface area contributed by atoms with Gasteiger partial charge in [0, 0.05) is 12.2 Å². The summed E-state index contributed by atoms with van der Waals surface area (Å²) in [5, 5.41) is 7.31. The number of hydrogen-bond donors (Lipinski definition) is 2. The monoisotopic (exact) mass is 348 g/mol. The highest BCUT2D eigenvalue weighted by Gasteiger charge is 1.99. The lowest BCUT2D eigenvalue weighted by atomic mass is 10.1. The molecule has 0 saturated heterocycles. The van der Waals surface area contributed by atoms with Gasteiger partial charge in [-0.05, 0) is 55.7 Å². The molecule has 2 N–H and O–H groups in total. The maximum atomic E-state index is 5.36. The molecule has 0 unspecified atom stereocenters. The van der Waals surface area contributed by atoms with Crippen molar-refractivity contribution in [2.24, 2.45) is 0 Å². The maximum Gasteiger partial charge on any atom is 0.170 e. The van der Waals surface area contributed by atoms with Crippen LogP contribution in [0.2, 0.25) is 0 Å². The molecule has 1 aromatic carbocycles. The van der Waals surface area contributed by atoms with Gasteiger partial charge < -0.3 is 10.6 Å². The number of aryl methyl sites for hydroxylation is 2. The summed E-state index contributed by atoms with van der Waals surface area (Å²) in [7, 11) is 0. The number of hydrogen-bond acceptors (Lipinski definition) is 1. The molecule has 0 aromatic heterocycles. The molecule has 0 aliphatic carbocycles. The summed E-state index contributed by atoms with van der Waals surface area (Å²) in [6.45, 7) is 7.49. The van der Waals surface area contributed by atoms with Crippen LogP contribution in [0, 0.1) is 13.8 Å². The minimum atomic E-state index is 0.731. The van der Waals surface area contributed by atoms with Crippen molar-refractivity contribution in [2.75, 3.05) is 11.9 Å². The van der Waals surface area contributed by atoms with Crippen LogP contribution >= 0.6 is 12.2 Å². The summed E-state index contributed by atoms with van der Waals surface area (Å²) in [6, 6.07) is 6.35. The van der Waals surface area contributed by atoms with Gasteiger partial charge in [-0.3, -0.25) is 0 Å². The Kier molecular flexibility index (Phi) is 11.5. The normalized spacial score (nSPS) is 10.6. The van der Waals surface area contributed by atoms with Crippen molar-refractivity contribution in [3.05, 3.63) is 29.3 Å². The quantitative estimate of drug-likeness (QED) is 0.332. The maximum absolute atomic E-state index is 5.36. The molecule has 3 heteroatoms. The van der Waals surface area contributed by atoms with Crippen molar-refractivity contribution in [1.82, 2.24) is 5.32 Å². The van der Waals surface area contributed by atoms with E-state index < -0.39 is 0 Å². The Morgan fingerprint density at radius 3 is 2.00 bits per heavy atom. The molecule has 1 aromatic rings. The van der Waals surface area contributed by atoms with Crippen LogP contribution in [0.15, 0.2) is 18.2 Å². The first kappa shape index (κ1) is 21.0. The van der Waals surface area contributed by atoms with Crippen LogP contribution in [0.25, 0.3) is 0 Å². The Labute approximate surface area is 154 Å². The molecule has 0 amide bonds. The van der Waals surface area contributed by atoms with Gasteiger partial charge in [0.15, 0.2) is 5.11 Å². The molecule has 1 rings (SSSR count). The topological polar surface area (TPSA) is 24.1 Å². The second-order valence-electron chi connectivity index (χ2n) is 6.86. The summed E-state index contributed by atoms with van der Waals surface area (Å²) in [5.74, 6) is 0. The second-order valence-corrected chi connectivity index (χ2v) is 7.27. The van der Waals surface area contributed by atoms with Crippen LogP contribution in [0.1, 0.15) is 82.3 Å². The summed E-state index contributed by atoms with van der Waals surface area (Å²) in [5.41, 5.74) is 3.67. The van der Waals surface area contributed by atoms with Gasteiger partial charge in [-0.25, -0.2) is 0 Å². The predicted molar refractivity (Wildman–Crippen MR) is 112 cm³/mol. The van der Waals surface area contributed by atoms with E-state index >= 15 is 0 Å². The Morgan fingerprint density at radius 2 is 1.42 bits per heavy atom. The Balaban J connectivity index is 1.97. The highest BCUT2D eigenvalue weighted by molar-refractivity contribution is 7.80. The number of thiocarbonyl (C=S) groups is 1. The number of nitrogens with one attached hydrogen (secondary N) is 2. The van der Waals surface area contributed by atoms with E-state index in [0.717, 1.165) is 17.3 Å². The zero-order valence-corrected chi connectivity index (χ0v) is 16.7. The second kappa shape index (κ2) is 13.2. The number of benzene rings is 1. The van der Waals surface area contributed by atoms with Crippen LogP contribution in [0.5, 0.6) is 0 Å². The molecule has 0 aliphatic rings. The first-order valence-corrected chi connectivity index (χ1v) is 10.2. The van der Waals surface area contributed by atoms with Crippen molar-refractivity contribution < 1.29 is 0 Å². The lowest BCUT2D eigenvalue weighted by Gasteiger charge is -2.11. The van der Waals surface area contributed by atoms with Crippen LogP contribution in [-0.2, 0) is 0 Å². The van der Waals surface area contributed by atoms with E-state index in [4.69, 9.17) is 12.2 Å². The Morgan fingerprint density at radius 1 is 0.833 bits per heavy atom. The Hall–Kier alpha value is -1.09. The minimum absolute atomic E-state index is 0.731. The van der Waals surface area contributed by atoms with E-state index in [1.54, 1.807) is 0 Å². The van der Waals surface area contributed by atoms with E-state index in [9.17, 15) is 0 Å². The highest BCUT2D eigenvalue weighted by atomic mass is 32.1. The fraction of sp³-hybridized carbons (Fsp3) is 0.667. The standard InChI is InChI=1S/C21H36N2S/c1-4-5-6-7-8-9-10-11-12-13-16-22-21(24)23-20-15-14-18(2)19(3)17-20/h14-15,17H,4-13,16H2,1-3H3,(H2,22,23,24). The first-order chi connectivity index (χ1) is 11.6. The molecule has 0 radical (unpaired) electrons. The van der Waals surface area contributed by atoms with Crippen molar-refractivity contribution in [3.63, 3.8) is 0 Å². The van der Waals surface area contributed by atoms with Gasteiger partial charge >= 0.3 is 0 Å². The van der Waals surface area contributed by atoms with E-state index in [0.29, 0.717) is 0 Å². The molecule has 0 atom stereocenters. The average Bonchev–Trinajstić information content (AvgIpc) is 2.56. The molecule has 0 spiro atoms. The molecule has 2 nitrogen and oxygen atoms in total. The third-order valence-corrected chi connectivity index (χ3v) is 4.83. The van der Waals surface area contributed by atoms with E-state index in [1.165, 1.54) is 75.3 Å². The van der Waals surface area contributed by atoms with Crippen LogP contribution in [-0.4, -0.2) is 11.7 Å². The van der Waals surface area contributed by atoms with E-state index in [-0.39, 0.29) is 0 Å². The van der Waals surface area contributed by atoms with Crippen molar-refractivity contribution in [1.29, 1.82) is 0 Å². The van der Waals surface area contributed by atoms with Gasteiger partial charge in [-0.2, -0.15) is 0 Å². The smallest absolute Gasteiger partial charge is 0.170 e. The zero-order valence-electron chi connectivity index (χ0n) is 15.9. The number of rotatable bonds is 12. The molecule has 0 fully saturated rings. The molecule has 0 saturated carbocycles. The minimum Gasteiger partial charge on any atom is -0.362 e. The summed E-state index contributed by atoms with van der Waals surface area (Å²) < 4.78 is 0. The molecule has 0 aliphatic heterocycles. The van der Waals surface area contributed by atoms with Crippen LogP contribution in [0.3, 0.4) is 0 Å². The number of unbranched alkanes of at least 4 members (excludes halogenated alkanes) is 9. The fourth-order valence-corrected chi connectivity index (χ4v) is 3.03. The third-order valence-electron chi connectivity index (χ3n) is 4.58. The van der Waals surface area contributed by atoms with Crippen molar-refractivity contribution in [3.8, 4) is 0 Å². The van der Waals surface area contributed by atoms with Crippen LogP contribution < -0.4 is 10.6 Å². The SMILES string of the molecule is CCCCCCCCCCCCNC(=S)Nc1ccc(C)c(C)c1. The zero-order chi connectivity index (χ0) is 17.6. The Bertz CT molecular complexity index is 471. The lowest BCUT2D eigenvalue weighted by Crippen LogP contribution is -2.29. The van der Waals surface area contributed by atoms with Crippen molar-refractivity contribution in [2.45, 2.75) is 85.0 Å². The molecular weight excluding hydrogens is 312 g/mol. The van der Waals surface area contributed by atoms with E-state index in [1.807, 2.05) is 0 Å². The van der Waals surface area contributed by atoms with Gasteiger partial charge in [0.05, 0.1) is 0 Å². The summed E-state index contributed by atoms with van der Waals surface area (Å²) >= 11 is 5.36. The van der Waals surface area contributed by atoms with Gasteiger partial charge in [0.25, 0.3) is 0 Å². The lowest BCUT2D eigenvalue weighted by molar-refractivity contribution is 0.555. The largest absolute Gasteiger partial charge is 0.362 e. The summed E-state index contributed by atoms with van der Waals surface area (Å²) in [4.78, 5) is 0. The molecular formula is C21H36N2S. The van der Waals surface area contributed by atoms with Gasteiger partial charge in [0.1, 0.15) is 0 Å². The van der Waals surface area contributed by atoms with Crippen LogP contribution in [0.4, 0.5) is 5.69 Å². The summed E-state index contributed by atoms with van der Waals surface area (Å²) in [6.07, 6.45) is 13.7. The average molecular weight is 349 g/mol. The predicted octanol–water partition coefficient (Wildman–Crippen LogP) is 6.51. The van der Waals surface area contributed by atoms with Gasteiger partial charge in [-0.1, -0.05) is 70.8 Å². The van der Waals surface area contributed by atoms with Gasteiger partial charge in [-0.15, -0.1) is 0 Å². The third kappa shape index (κ3) is 9.92. The highest BCUT2D eigenvalue weighted by Crippen LogP contribution is 2.14.